The van der Waals surface area contributed by atoms with Gasteiger partial charge in [-0.2, -0.15) is 0 Å². The van der Waals surface area contributed by atoms with Gasteiger partial charge in [0.15, 0.2) is 0 Å². The van der Waals surface area contributed by atoms with Crippen LogP contribution in [0.15, 0.2) is 23.1 Å². The molecule has 30 heavy (non-hydrogen) atoms. The van der Waals surface area contributed by atoms with E-state index in [1.54, 1.807) is 18.1 Å². The lowest BCUT2D eigenvalue weighted by atomic mass is 10.1. The highest BCUT2D eigenvalue weighted by Gasteiger charge is 2.37. The van der Waals surface area contributed by atoms with E-state index in [9.17, 15) is 14.4 Å². The van der Waals surface area contributed by atoms with Gasteiger partial charge < -0.3 is 19.3 Å². The number of imide groups is 1. The molecule has 0 aromatic heterocycles. The summed E-state index contributed by atoms with van der Waals surface area (Å²) in [6, 6.07) is 5.76. The molecular weight excluding hydrogens is 406 g/mol. The second-order valence-electron chi connectivity index (χ2n) is 6.86. The molecule has 162 valence electrons. The highest BCUT2D eigenvalue weighted by atomic mass is 32.2. The Balaban J connectivity index is 1.77. The number of amides is 3. The Morgan fingerprint density at radius 3 is 2.57 bits per heavy atom. The van der Waals surface area contributed by atoms with Gasteiger partial charge in [-0.05, 0) is 43.8 Å². The van der Waals surface area contributed by atoms with Crippen LogP contribution >= 0.6 is 11.8 Å². The highest BCUT2D eigenvalue weighted by Crippen LogP contribution is 2.35. The number of carbonyl (C=O) groups excluding carboxylic acids is 3. The van der Waals surface area contributed by atoms with Crippen molar-refractivity contribution in [1.82, 2.24) is 9.80 Å². The fourth-order valence-electron chi connectivity index (χ4n) is 3.43. The van der Waals surface area contributed by atoms with Crippen molar-refractivity contribution in [2.45, 2.75) is 13.8 Å². The lowest BCUT2D eigenvalue weighted by molar-refractivity contribution is -0.139. The Morgan fingerprint density at radius 2 is 1.93 bits per heavy atom. The number of benzene rings is 1. The molecule has 0 N–H and O–H groups in total. The molecule has 0 aliphatic carbocycles. The molecule has 8 nitrogen and oxygen atoms in total. The summed E-state index contributed by atoms with van der Waals surface area (Å²) in [5.74, 6) is -0.0833. The molecule has 2 aliphatic heterocycles. The first-order chi connectivity index (χ1) is 14.5. The van der Waals surface area contributed by atoms with Gasteiger partial charge in [-0.15, -0.1) is 0 Å². The van der Waals surface area contributed by atoms with E-state index in [4.69, 9.17) is 9.47 Å². The Kier molecular flexibility index (Phi) is 7.38. The monoisotopic (exact) mass is 433 g/mol. The third-order valence-electron chi connectivity index (χ3n) is 5.16. The van der Waals surface area contributed by atoms with Crippen molar-refractivity contribution in [3.05, 3.63) is 28.7 Å². The minimum atomic E-state index is -0.457. The van der Waals surface area contributed by atoms with Crippen LogP contribution in [0.1, 0.15) is 19.4 Å². The molecule has 2 heterocycles. The summed E-state index contributed by atoms with van der Waals surface area (Å²) in [4.78, 5) is 42.7. The SMILES string of the molecule is CCN(CC)c1ccc(/C=C2/SC(=O)N(CC(=O)N3CCOCC3)C2=O)c(OC)c1. The highest BCUT2D eigenvalue weighted by molar-refractivity contribution is 8.18. The van der Waals surface area contributed by atoms with Crippen LogP contribution in [0.5, 0.6) is 5.75 Å². The maximum Gasteiger partial charge on any atom is 0.294 e. The molecule has 0 spiro atoms. The third kappa shape index (κ3) is 4.79. The summed E-state index contributed by atoms with van der Waals surface area (Å²) in [6.45, 7) is 7.54. The van der Waals surface area contributed by atoms with Gasteiger partial charge in [-0.3, -0.25) is 19.3 Å². The van der Waals surface area contributed by atoms with Gasteiger partial charge in [0.2, 0.25) is 5.91 Å². The van der Waals surface area contributed by atoms with Crippen molar-refractivity contribution < 1.29 is 23.9 Å². The number of nitrogens with zero attached hydrogens (tertiary/aromatic N) is 3. The minimum absolute atomic E-state index is 0.247. The zero-order chi connectivity index (χ0) is 21.7. The molecule has 3 rings (SSSR count). The lowest BCUT2D eigenvalue weighted by Crippen LogP contribution is -2.46. The molecule has 2 saturated heterocycles. The van der Waals surface area contributed by atoms with Crippen LogP contribution in [0.4, 0.5) is 10.5 Å². The van der Waals surface area contributed by atoms with E-state index in [0.29, 0.717) is 37.6 Å². The molecule has 2 aliphatic rings. The van der Waals surface area contributed by atoms with Gasteiger partial charge in [0.1, 0.15) is 12.3 Å². The topological polar surface area (TPSA) is 79.4 Å². The molecule has 1 aromatic carbocycles. The maximum atomic E-state index is 12.8. The van der Waals surface area contributed by atoms with Crippen molar-refractivity contribution in [3.8, 4) is 5.75 Å². The zero-order valence-electron chi connectivity index (χ0n) is 17.6. The molecule has 0 bridgehead atoms. The number of rotatable bonds is 7. The predicted molar refractivity (Wildman–Crippen MR) is 117 cm³/mol. The Bertz CT molecular complexity index is 847. The summed E-state index contributed by atoms with van der Waals surface area (Å²) in [7, 11) is 1.57. The average molecular weight is 434 g/mol. The summed E-state index contributed by atoms with van der Waals surface area (Å²) in [5.41, 5.74) is 1.73. The molecule has 0 atom stereocenters. The molecule has 0 saturated carbocycles. The Morgan fingerprint density at radius 1 is 1.23 bits per heavy atom. The van der Waals surface area contributed by atoms with E-state index in [1.165, 1.54) is 0 Å². The van der Waals surface area contributed by atoms with Crippen LogP contribution in [-0.4, -0.2) is 79.9 Å². The second kappa shape index (κ2) is 9.99. The van der Waals surface area contributed by atoms with Gasteiger partial charge in [0, 0.05) is 43.5 Å². The van der Waals surface area contributed by atoms with Crippen LogP contribution < -0.4 is 9.64 Å². The standard InChI is InChI=1S/C21H27N3O5S/c1-4-22(5-2)16-7-6-15(17(13-16)28-3)12-18-20(26)24(21(27)30-18)14-19(25)23-8-10-29-11-9-23/h6-7,12-13H,4-5,8-11,14H2,1-3H3/b18-12+. The summed E-state index contributed by atoms with van der Waals surface area (Å²) in [5, 5.41) is -0.438. The second-order valence-corrected chi connectivity index (χ2v) is 7.85. The Labute approximate surface area is 180 Å². The number of morpholine rings is 1. The van der Waals surface area contributed by atoms with Gasteiger partial charge >= 0.3 is 0 Å². The molecule has 0 unspecified atom stereocenters. The van der Waals surface area contributed by atoms with Crippen LogP contribution in [-0.2, 0) is 14.3 Å². The number of carbonyl (C=O) groups is 3. The first kappa shape index (κ1) is 22.2. The van der Waals surface area contributed by atoms with Gasteiger partial charge in [0.25, 0.3) is 11.1 Å². The van der Waals surface area contributed by atoms with E-state index < -0.39 is 11.1 Å². The van der Waals surface area contributed by atoms with E-state index >= 15 is 0 Å². The van der Waals surface area contributed by atoms with Crippen molar-refractivity contribution >= 4 is 40.6 Å². The molecule has 1 aromatic rings. The maximum absolute atomic E-state index is 12.8. The van der Waals surface area contributed by atoms with Crippen LogP contribution in [0.25, 0.3) is 6.08 Å². The summed E-state index contributed by atoms with van der Waals surface area (Å²) in [6.07, 6.45) is 1.65. The average Bonchev–Trinajstić information content (AvgIpc) is 3.03. The van der Waals surface area contributed by atoms with E-state index in [0.717, 1.165) is 35.4 Å². The van der Waals surface area contributed by atoms with E-state index in [2.05, 4.69) is 18.7 Å². The fraction of sp³-hybridized carbons (Fsp3) is 0.476. The number of ether oxygens (including phenoxy) is 2. The van der Waals surface area contributed by atoms with Crippen molar-refractivity contribution in [2.24, 2.45) is 0 Å². The number of hydrogen-bond acceptors (Lipinski definition) is 7. The van der Waals surface area contributed by atoms with E-state index in [-0.39, 0.29) is 17.4 Å². The summed E-state index contributed by atoms with van der Waals surface area (Å²) >= 11 is 0.841. The minimum Gasteiger partial charge on any atom is -0.496 e. The number of methoxy groups -OCH3 is 1. The van der Waals surface area contributed by atoms with Crippen molar-refractivity contribution in [2.75, 3.05) is 57.9 Å². The molecule has 9 heteroatoms. The summed E-state index contributed by atoms with van der Waals surface area (Å²) < 4.78 is 10.7. The third-order valence-corrected chi connectivity index (χ3v) is 6.07. The number of anilines is 1. The van der Waals surface area contributed by atoms with Gasteiger partial charge in [0.05, 0.1) is 25.2 Å². The van der Waals surface area contributed by atoms with Crippen molar-refractivity contribution in [3.63, 3.8) is 0 Å². The molecule has 3 amide bonds. The smallest absolute Gasteiger partial charge is 0.294 e. The van der Waals surface area contributed by atoms with Crippen LogP contribution in [0.3, 0.4) is 0 Å². The van der Waals surface area contributed by atoms with Crippen molar-refractivity contribution in [1.29, 1.82) is 0 Å². The van der Waals surface area contributed by atoms with Gasteiger partial charge in [-0.1, -0.05) is 0 Å². The normalized spacial score (nSPS) is 18.3. The first-order valence-electron chi connectivity index (χ1n) is 10.0. The number of thioether (sulfide) groups is 1. The quantitative estimate of drug-likeness (QED) is 0.611. The largest absolute Gasteiger partial charge is 0.496 e. The number of hydrogen-bond donors (Lipinski definition) is 0. The molecule has 2 fully saturated rings. The molecule has 0 radical (unpaired) electrons. The first-order valence-corrected chi connectivity index (χ1v) is 10.8. The Hall–Kier alpha value is -2.52. The lowest BCUT2D eigenvalue weighted by Gasteiger charge is -2.28. The zero-order valence-corrected chi connectivity index (χ0v) is 18.4. The fourth-order valence-corrected chi connectivity index (χ4v) is 4.26. The van der Waals surface area contributed by atoms with Crippen LogP contribution in [0.2, 0.25) is 0 Å². The predicted octanol–water partition coefficient (Wildman–Crippen LogP) is 2.44. The van der Waals surface area contributed by atoms with E-state index in [1.807, 2.05) is 18.2 Å². The van der Waals surface area contributed by atoms with Crippen LogP contribution in [0, 0.1) is 0 Å². The molecular formula is C21H27N3O5S. The van der Waals surface area contributed by atoms with Gasteiger partial charge in [-0.25, -0.2) is 0 Å².